The van der Waals surface area contributed by atoms with Crippen LogP contribution in [0.2, 0.25) is 0 Å². The van der Waals surface area contributed by atoms with Crippen molar-refractivity contribution in [3.63, 3.8) is 0 Å². The molecule has 0 aromatic carbocycles. The van der Waals surface area contributed by atoms with Crippen LogP contribution in [0.3, 0.4) is 0 Å². The molecule has 0 spiro atoms. The van der Waals surface area contributed by atoms with Crippen molar-refractivity contribution < 1.29 is 9.90 Å². The Bertz CT molecular complexity index is 324. The number of likely N-dealkylation sites (tertiary alicyclic amines) is 2. The van der Waals surface area contributed by atoms with E-state index >= 15 is 0 Å². The van der Waals surface area contributed by atoms with Gasteiger partial charge in [0.05, 0.1) is 0 Å². The molecule has 19 heavy (non-hydrogen) atoms. The van der Waals surface area contributed by atoms with Crippen molar-refractivity contribution >= 4 is 5.97 Å². The third-order valence-corrected chi connectivity index (χ3v) is 5.08. The molecule has 4 heteroatoms. The molecule has 1 atom stereocenters. The summed E-state index contributed by atoms with van der Waals surface area (Å²) < 4.78 is 0. The van der Waals surface area contributed by atoms with Gasteiger partial charge in [0.15, 0.2) is 0 Å². The average Bonchev–Trinajstić information content (AvgIpc) is 2.39. The zero-order valence-corrected chi connectivity index (χ0v) is 12.6. The van der Waals surface area contributed by atoms with E-state index in [-0.39, 0.29) is 0 Å². The molecule has 2 saturated heterocycles. The molecular formula is C15H28N2O2. The van der Waals surface area contributed by atoms with Crippen LogP contribution in [0, 0.1) is 0 Å². The van der Waals surface area contributed by atoms with E-state index < -0.39 is 11.5 Å². The molecule has 0 bridgehead atoms. The number of carboxylic acids is 1. The summed E-state index contributed by atoms with van der Waals surface area (Å²) in [6.07, 6.45) is 5.21. The standard InChI is InChI=1S/C15H28N2O2/c1-12(2)16-10-6-13(7-11-16)17-9-5-4-8-15(17,3)14(18)19/h12-13H,4-11H2,1-3H3,(H,18,19). The number of hydrogen-bond acceptors (Lipinski definition) is 3. The lowest BCUT2D eigenvalue weighted by atomic mass is 9.85. The first-order valence-corrected chi connectivity index (χ1v) is 7.69. The first-order valence-electron chi connectivity index (χ1n) is 7.69. The Morgan fingerprint density at radius 2 is 1.84 bits per heavy atom. The molecule has 0 aliphatic carbocycles. The second kappa shape index (κ2) is 5.80. The number of rotatable bonds is 3. The summed E-state index contributed by atoms with van der Waals surface area (Å²) in [7, 11) is 0. The fourth-order valence-corrected chi connectivity index (χ4v) is 3.67. The molecule has 2 heterocycles. The Labute approximate surface area is 116 Å². The van der Waals surface area contributed by atoms with Crippen LogP contribution in [0.15, 0.2) is 0 Å². The van der Waals surface area contributed by atoms with E-state index in [4.69, 9.17) is 0 Å². The molecule has 1 unspecified atom stereocenters. The molecule has 1 N–H and O–H groups in total. The van der Waals surface area contributed by atoms with E-state index in [1.54, 1.807) is 0 Å². The van der Waals surface area contributed by atoms with Gasteiger partial charge in [-0.1, -0.05) is 0 Å². The molecule has 0 aromatic heterocycles. The summed E-state index contributed by atoms with van der Waals surface area (Å²) >= 11 is 0. The SMILES string of the molecule is CC(C)N1CCC(N2CCCCC2(C)C(=O)O)CC1. The van der Waals surface area contributed by atoms with Crippen LogP contribution >= 0.6 is 0 Å². The number of aliphatic carboxylic acids is 1. The molecule has 2 rings (SSSR count). The van der Waals surface area contributed by atoms with Gasteiger partial charge >= 0.3 is 5.97 Å². The van der Waals surface area contributed by atoms with Gasteiger partial charge in [0.25, 0.3) is 0 Å². The molecule has 0 aromatic rings. The summed E-state index contributed by atoms with van der Waals surface area (Å²) in [6.45, 7) is 9.56. The van der Waals surface area contributed by atoms with E-state index in [0.717, 1.165) is 51.7 Å². The fourth-order valence-electron chi connectivity index (χ4n) is 3.67. The molecular weight excluding hydrogens is 240 g/mol. The van der Waals surface area contributed by atoms with Gasteiger partial charge in [-0.15, -0.1) is 0 Å². The van der Waals surface area contributed by atoms with Crippen molar-refractivity contribution in [2.75, 3.05) is 19.6 Å². The Kier molecular flexibility index (Phi) is 4.51. The molecule has 2 aliphatic rings. The second-order valence-electron chi connectivity index (χ2n) is 6.59. The summed E-state index contributed by atoms with van der Waals surface area (Å²) in [4.78, 5) is 16.4. The highest BCUT2D eigenvalue weighted by molar-refractivity contribution is 5.78. The maximum absolute atomic E-state index is 11.6. The van der Waals surface area contributed by atoms with Crippen molar-refractivity contribution in [2.24, 2.45) is 0 Å². The Hall–Kier alpha value is -0.610. The van der Waals surface area contributed by atoms with Gasteiger partial charge < -0.3 is 10.0 Å². The summed E-state index contributed by atoms with van der Waals surface area (Å²) in [6, 6.07) is 1.06. The maximum Gasteiger partial charge on any atom is 0.323 e. The first kappa shape index (κ1) is 14.8. The minimum absolute atomic E-state index is 0.455. The Balaban J connectivity index is 2.02. The minimum Gasteiger partial charge on any atom is -0.480 e. The van der Waals surface area contributed by atoms with Crippen LogP contribution < -0.4 is 0 Å². The normalized spacial score (nSPS) is 31.8. The van der Waals surface area contributed by atoms with Crippen LogP contribution in [-0.2, 0) is 4.79 Å². The van der Waals surface area contributed by atoms with Crippen molar-refractivity contribution in [3.8, 4) is 0 Å². The fraction of sp³-hybridized carbons (Fsp3) is 0.933. The third-order valence-electron chi connectivity index (χ3n) is 5.08. The molecule has 2 aliphatic heterocycles. The molecule has 0 amide bonds. The van der Waals surface area contributed by atoms with Crippen LogP contribution in [0.5, 0.6) is 0 Å². The predicted octanol–water partition coefficient (Wildman–Crippen LogP) is 2.19. The van der Waals surface area contributed by atoms with E-state index in [0.29, 0.717) is 12.1 Å². The van der Waals surface area contributed by atoms with Crippen LogP contribution in [0.1, 0.15) is 52.9 Å². The molecule has 110 valence electrons. The number of hydrogen-bond donors (Lipinski definition) is 1. The van der Waals surface area contributed by atoms with Crippen molar-refractivity contribution in [1.82, 2.24) is 9.80 Å². The lowest BCUT2D eigenvalue weighted by Crippen LogP contribution is -2.61. The maximum atomic E-state index is 11.6. The summed E-state index contributed by atoms with van der Waals surface area (Å²) in [5.74, 6) is -0.640. The smallest absolute Gasteiger partial charge is 0.323 e. The lowest BCUT2D eigenvalue weighted by molar-refractivity contribution is -0.156. The monoisotopic (exact) mass is 268 g/mol. The van der Waals surface area contributed by atoms with Gasteiger partial charge in [-0.3, -0.25) is 9.69 Å². The summed E-state index contributed by atoms with van der Waals surface area (Å²) in [5.41, 5.74) is -0.636. The predicted molar refractivity (Wildman–Crippen MR) is 76.3 cm³/mol. The van der Waals surface area contributed by atoms with Crippen molar-refractivity contribution in [2.45, 2.75) is 70.5 Å². The Morgan fingerprint density at radius 1 is 1.21 bits per heavy atom. The van der Waals surface area contributed by atoms with Crippen LogP contribution in [0.4, 0.5) is 0 Å². The first-order chi connectivity index (χ1) is 8.95. The number of nitrogens with zero attached hydrogens (tertiary/aromatic N) is 2. The molecule has 2 fully saturated rings. The Morgan fingerprint density at radius 3 is 2.37 bits per heavy atom. The van der Waals surface area contributed by atoms with Crippen LogP contribution in [0.25, 0.3) is 0 Å². The molecule has 0 radical (unpaired) electrons. The van der Waals surface area contributed by atoms with E-state index in [1.807, 2.05) is 6.92 Å². The number of carboxylic acid groups (broad SMARTS) is 1. The van der Waals surface area contributed by atoms with Gasteiger partial charge in [0.2, 0.25) is 0 Å². The number of carbonyl (C=O) groups is 1. The highest BCUT2D eigenvalue weighted by Gasteiger charge is 2.44. The molecule has 0 saturated carbocycles. The quantitative estimate of drug-likeness (QED) is 0.852. The lowest BCUT2D eigenvalue weighted by Gasteiger charge is -2.49. The third kappa shape index (κ3) is 2.95. The van der Waals surface area contributed by atoms with Gasteiger partial charge in [0.1, 0.15) is 5.54 Å². The minimum atomic E-state index is -0.640. The van der Waals surface area contributed by atoms with E-state index in [9.17, 15) is 9.90 Å². The highest BCUT2D eigenvalue weighted by atomic mass is 16.4. The van der Waals surface area contributed by atoms with Gasteiger partial charge in [-0.2, -0.15) is 0 Å². The van der Waals surface area contributed by atoms with Gasteiger partial charge in [-0.05, 0) is 72.5 Å². The largest absolute Gasteiger partial charge is 0.480 e. The highest BCUT2D eigenvalue weighted by Crippen LogP contribution is 2.33. The van der Waals surface area contributed by atoms with Crippen LogP contribution in [-0.4, -0.2) is 58.1 Å². The molecule has 4 nitrogen and oxygen atoms in total. The zero-order chi connectivity index (χ0) is 14.0. The summed E-state index contributed by atoms with van der Waals surface area (Å²) in [5, 5.41) is 9.59. The average molecular weight is 268 g/mol. The zero-order valence-electron chi connectivity index (χ0n) is 12.6. The van der Waals surface area contributed by atoms with Gasteiger partial charge in [-0.25, -0.2) is 0 Å². The van der Waals surface area contributed by atoms with Gasteiger partial charge in [0, 0.05) is 12.1 Å². The second-order valence-corrected chi connectivity index (χ2v) is 6.59. The topological polar surface area (TPSA) is 43.8 Å². The van der Waals surface area contributed by atoms with Crippen molar-refractivity contribution in [1.29, 1.82) is 0 Å². The van der Waals surface area contributed by atoms with E-state index in [2.05, 4.69) is 23.6 Å². The number of piperidine rings is 2. The van der Waals surface area contributed by atoms with Crippen molar-refractivity contribution in [3.05, 3.63) is 0 Å². The van der Waals surface area contributed by atoms with E-state index in [1.165, 1.54) is 0 Å².